The van der Waals surface area contributed by atoms with E-state index in [4.69, 9.17) is 13.6 Å². The van der Waals surface area contributed by atoms with Gasteiger partial charge in [-0.15, -0.1) is 0 Å². The number of aryl methyl sites for hydroxylation is 2. The summed E-state index contributed by atoms with van der Waals surface area (Å²) >= 11 is 0. The molecule has 0 spiro atoms. The number of benzene rings is 2. The van der Waals surface area contributed by atoms with Crippen LogP contribution in [0, 0.1) is 27.7 Å². The van der Waals surface area contributed by atoms with Crippen LogP contribution >= 0.6 is 0 Å². The lowest BCUT2D eigenvalue weighted by molar-refractivity contribution is 0.112. The van der Waals surface area contributed by atoms with Gasteiger partial charge in [-0.3, -0.25) is 4.79 Å². The van der Waals surface area contributed by atoms with Crippen LogP contribution in [0.4, 0.5) is 0 Å². The molecule has 1 saturated heterocycles. The summed E-state index contributed by atoms with van der Waals surface area (Å²) in [7, 11) is 0. The molecule has 0 amide bonds. The molecule has 1 fully saturated rings. The minimum absolute atomic E-state index is 0.107. The number of fused-ring (bicyclic) bond motifs is 2. The average molecular weight is 677 g/mol. The van der Waals surface area contributed by atoms with Crippen molar-refractivity contribution in [2.75, 3.05) is 0 Å². The van der Waals surface area contributed by atoms with E-state index in [0.717, 1.165) is 90.9 Å². The summed E-state index contributed by atoms with van der Waals surface area (Å²) in [6, 6.07) is 28.8. The minimum atomic E-state index is -0.248. The Morgan fingerprint density at radius 1 is 0.706 bits per heavy atom. The highest BCUT2D eigenvalue weighted by Gasteiger charge is 2.40. The maximum atomic E-state index is 12.7. The average Bonchev–Trinajstić information content (AvgIpc) is 3.79. The number of furan rings is 2. The molecule has 8 nitrogen and oxygen atoms in total. The van der Waals surface area contributed by atoms with E-state index in [-0.39, 0.29) is 24.0 Å². The molecule has 1 aliphatic rings. The molecule has 9 rings (SSSR count). The maximum Gasteiger partial charge on any atom is 0.152 e. The summed E-state index contributed by atoms with van der Waals surface area (Å²) in [5, 5.41) is 2.10. The largest absolute Gasteiger partial charge is 0.460 e. The van der Waals surface area contributed by atoms with Gasteiger partial charge in [0, 0.05) is 73.9 Å². The second kappa shape index (κ2) is 12.0. The molecular weight excluding hydrogens is 636 g/mol. The Balaban J connectivity index is 1.11. The SMILES string of the molecule is Cc1ccc(C(c2cc3ccccc3o2)c2[nH]c(Cc3ccc(C(c4cc5ccccc5o4)c4[nH]c(C)c(C5OC5C)c4C)[nH]3)c(C=O)c2C)[nH]1. The number of aromatic amines is 4. The topological polar surface area (TPSA) is 119 Å². The third-order valence-electron chi connectivity index (χ3n) is 10.7. The normalized spacial score (nSPS) is 17.0. The molecule has 1 aliphatic heterocycles. The van der Waals surface area contributed by atoms with E-state index in [1.165, 1.54) is 11.1 Å². The molecule has 0 bridgehead atoms. The molecule has 4 atom stereocenters. The number of para-hydroxylation sites is 2. The van der Waals surface area contributed by atoms with E-state index in [1.807, 2.05) is 50.2 Å². The highest BCUT2D eigenvalue weighted by molar-refractivity contribution is 5.81. The first-order valence-electron chi connectivity index (χ1n) is 17.6. The van der Waals surface area contributed by atoms with E-state index < -0.39 is 0 Å². The Kier molecular flexibility index (Phi) is 7.33. The maximum absolute atomic E-state index is 12.7. The Bertz CT molecular complexity index is 2500. The van der Waals surface area contributed by atoms with Crippen LogP contribution in [0.15, 0.2) is 93.8 Å². The molecule has 0 radical (unpaired) electrons. The van der Waals surface area contributed by atoms with E-state index in [0.29, 0.717) is 12.0 Å². The van der Waals surface area contributed by atoms with Crippen molar-refractivity contribution >= 4 is 28.2 Å². The lowest BCUT2D eigenvalue weighted by Gasteiger charge is -2.14. The number of H-pyrrole nitrogens is 4. The zero-order chi connectivity index (χ0) is 35.0. The van der Waals surface area contributed by atoms with Crippen LogP contribution in [0.1, 0.15) is 109 Å². The van der Waals surface area contributed by atoms with E-state index in [1.54, 1.807) is 0 Å². The quantitative estimate of drug-likeness (QED) is 0.0851. The number of ether oxygens (including phenoxy) is 1. The van der Waals surface area contributed by atoms with Gasteiger partial charge < -0.3 is 33.5 Å². The molecule has 4 unspecified atom stereocenters. The molecule has 4 N–H and O–H groups in total. The molecule has 0 saturated carbocycles. The Morgan fingerprint density at radius 3 is 1.86 bits per heavy atom. The standard InChI is InChI=1S/C43H40N4O4/c1-22-14-16-31(44-22)39(36-18-27-10-6-8-12-34(27)50-36)41-23(2)30(21-48)33(47-41)20-29-15-17-32(46-29)40(37-19-28-11-7-9-13-35(28)51-37)42-24(3)38(25(4)45-42)43-26(5)49-43/h6-19,21,26,39-40,43-47H,20H2,1-5H3. The van der Waals surface area contributed by atoms with Crippen LogP contribution in [0.3, 0.4) is 0 Å². The second-order valence-corrected chi connectivity index (χ2v) is 14.1. The number of aldehydes is 1. The number of hydrogen-bond acceptors (Lipinski definition) is 4. The second-order valence-electron chi connectivity index (χ2n) is 14.1. The van der Waals surface area contributed by atoms with Crippen molar-refractivity contribution in [3.8, 4) is 0 Å². The van der Waals surface area contributed by atoms with Gasteiger partial charge in [0.15, 0.2) is 6.29 Å². The molecule has 8 aromatic rings. The number of aromatic nitrogens is 4. The van der Waals surface area contributed by atoms with Crippen LogP contribution in [-0.2, 0) is 11.2 Å². The molecule has 6 aromatic heterocycles. The molecule has 256 valence electrons. The van der Waals surface area contributed by atoms with Gasteiger partial charge in [0.1, 0.15) is 28.8 Å². The Labute approximate surface area is 295 Å². The van der Waals surface area contributed by atoms with Crippen LogP contribution in [0.25, 0.3) is 21.9 Å². The lowest BCUT2D eigenvalue weighted by Crippen LogP contribution is -2.06. The van der Waals surface area contributed by atoms with Gasteiger partial charge in [-0.1, -0.05) is 36.4 Å². The van der Waals surface area contributed by atoms with Gasteiger partial charge in [-0.25, -0.2) is 0 Å². The number of epoxide rings is 1. The van der Waals surface area contributed by atoms with Crippen molar-refractivity contribution in [2.45, 2.75) is 65.1 Å². The molecule has 7 heterocycles. The van der Waals surface area contributed by atoms with E-state index >= 15 is 0 Å². The monoisotopic (exact) mass is 676 g/mol. The first-order valence-corrected chi connectivity index (χ1v) is 17.6. The first-order chi connectivity index (χ1) is 24.8. The lowest BCUT2D eigenvalue weighted by atomic mass is 9.93. The third-order valence-corrected chi connectivity index (χ3v) is 10.7. The van der Waals surface area contributed by atoms with Crippen LogP contribution < -0.4 is 0 Å². The van der Waals surface area contributed by atoms with Crippen molar-refractivity contribution in [3.05, 3.63) is 164 Å². The van der Waals surface area contributed by atoms with Crippen LogP contribution in [0.2, 0.25) is 0 Å². The molecule has 8 heteroatoms. The summed E-state index contributed by atoms with van der Waals surface area (Å²) in [4.78, 5) is 27.4. The zero-order valence-electron chi connectivity index (χ0n) is 29.3. The minimum Gasteiger partial charge on any atom is -0.460 e. The van der Waals surface area contributed by atoms with Gasteiger partial charge in [0.25, 0.3) is 0 Å². The predicted octanol–water partition coefficient (Wildman–Crippen LogP) is 9.95. The van der Waals surface area contributed by atoms with Crippen LogP contribution in [-0.4, -0.2) is 32.3 Å². The van der Waals surface area contributed by atoms with Gasteiger partial charge in [-0.2, -0.15) is 0 Å². The van der Waals surface area contributed by atoms with Crippen molar-refractivity contribution < 1.29 is 18.4 Å². The number of carbonyl (C=O) groups is 1. The molecule has 2 aromatic carbocycles. The van der Waals surface area contributed by atoms with Crippen LogP contribution in [0.5, 0.6) is 0 Å². The molecule has 0 aliphatic carbocycles. The van der Waals surface area contributed by atoms with Crippen molar-refractivity contribution in [1.29, 1.82) is 0 Å². The summed E-state index contributed by atoms with van der Waals surface area (Å²) < 4.78 is 18.9. The fourth-order valence-corrected chi connectivity index (χ4v) is 8.08. The fraction of sp³-hybridized carbons (Fsp3) is 0.233. The van der Waals surface area contributed by atoms with Gasteiger partial charge in [0.2, 0.25) is 0 Å². The first kappa shape index (κ1) is 31.3. The third kappa shape index (κ3) is 5.29. The van der Waals surface area contributed by atoms with Gasteiger partial charge in [0.05, 0.1) is 17.9 Å². The molecular formula is C43H40N4O4. The van der Waals surface area contributed by atoms with E-state index in [9.17, 15) is 4.79 Å². The number of carbonyl (C=O) groups excluding carboxylic acids is 1. The summed E-state index contributed by atoms with van der Waals surface area (Å²) in [5.74, 6) is 1.21. The Morgan fingerprint density at radius 2 is 1.29 bits per heavy atom. The highest BCUT2D eigenvalue weighted by Crippen LogP contribution is 2.46. The summed E-state index contributed by atoms with van der Waals surface area (Å²) in [6.07, 6.45) is 1.80. The molecule has 51 heavy (non-hydrogen) atoms. The van der Waals surface area contributed by atoms with Crippen molar-refractivity contribution in [1.82, 2.24) is 19.9 Å². The van der Waals surface area contributed by atoms with Gasteiger partial charge in [-0.05, 0) is 94.3 Å². The van der Waals surface area contributed by atoms with Crippen molar-refractivity contribution in [2.24, 2.45) is 0 Å². The Hall–Kier alpha value is -5.73. The number of rotatable bonds is 10. The number of nitrogens with one attached hydrogen (secondary N) is 4. The van der Waals surface area contributed by atoms with Gasteiger partial charge >= 0.3 is 0 Å². The van der Waals surface area contributed by atoms with E-state index in [2.05, 4.69) is 89.2 Å². The van der Waals surface area contributed by atoms with Crippen molar-refractivity contribution in [3.63, 3.8) is 0 Å². The zero-order valence-corrected chi connectivity index (χ0v) is 29.3. The predicted molar refractivity (Wildman–Crippen MR) is 198 cm³/mol. The number of hydrogen-bond donors (Lipinski definition) is 4. The fourth-order valence-electron chi connectivity index (χ4n) is 8.08. The summed E-state index contributed by atoms with van der Waals surface area (Å²) in [5.41, 5.74) is 13.7. The highest BCUT2D eigenvalue weighted by atomic mass is 16.6. The summed E-state index contributed by atoms with van der Waals surface area (Å²) in [6.45, 7) is 10.5. The smallest absolute Gasteiger partial charge is 0.152 e.